The first-order chi connectivity index (χ1) is 10.0. The van der Waals surface area contributed by atoms with Crippen LogP contribution in [-0.2, 0) is 4.79 Å². The fourth-order valence-electron chi connectivity index (χ4n) is 0.783. The predicted octanol–water partition coefficient (Wildman–Crippen LogP) is 2.41. The van der Waals surface area contributed by atoms with Gasteiger partial charge in [-0.1, -0.05) is 19.6 Å². The van der Waals surface area contributed by atoms with E-state index in [1.165, 1.54) is 10.8 Å². The molecule has 1 N–H and O–H groups in total. The second-order valence-corrected chi connectivity index (χ2v) is 10.3. The number of aliphatic imine (C=N–C) groups is 1. The van der Waals surface area contributed by atoms with Crippen LogP contribution in [0.15, 0.2) is 14.6 Å². The van der Waals surface area contributed by atoms with Gasteiger partial charge in [0.1, 0.15) is 8.24 Å². The summed E-state index contributed by atoms with van der Waals surface area (Å²) in [6, 6.07) is 0.179. The minimum atomic E-state index is -1.45. The van der Waals surface area contributed by atoms with Gasteiger partial charge in [0.2, 0.25) is 6.08 Å². The molecule has 0 bridgehead atoms. The Hall–Kier alpha value is -2.22. The lowest BCUT2D eigenvalue weighted by Crippen LogP contribution is -2.19. The van der Waals surface area contributed by atoms with E-state index in [1.807, 2.05) is 47.3 Å². The van der Waals surface area contributed by atoms with Crippen LogP contribution in [0.25, 0.3) is 10.4 Å². The lowest BCUT2D eigenvalue weighted by atomic mass is 10.4. The van der Waals surface area contributed by atoms with Gasteiger partial charge in [-0.15, -0.1) is 4.78 Å². The van der Waals surface area contributed by atoms with E-state index in [1.54, 1.807) is 0 Å². The Labute approximate surface area is 130 Å². The van der Waals surface area contributed by atoms with Crippen LogP contribution < -0.4 is 5.69 Å². The van der Waals surface area contributed by atoms with Gasteiger partial charge in [-0.3, -0.25) is 0 Å². The molecule has 124 valence electrons. The summed E-state index contributed by atoms with van der Waals surface area (Å²) in [5.74, 6) is 0. The smallest absolute Gasteiger partial charge is 0.245 e. The number of azide groups is 1. The van der Waals surface area contributed by atoms with Crippen molar-refractivity contribution in [3.8, 4) is 0 Å². The topological polar surface area (TPSA) is 142 Å². The lowest BCUT2D eigenvalue weighted by molar-refractivity contribution is 0.500. The summed E-state index contributed by atoms with van der Waals surface area (Å²) in [4.78, 5) is 26.0. The number of rotatable bonds is 3. The van der Waals surface area contributed by atoms with Crippen molar-refractivity contribution in [3.05, 3.63) is 20.9 Å². The average Bonchev–Trinajstić information content (AvgIpc) is 2.75. The van der Waals surface area contributed by atoms with Crippen molar-refractivity contribution in [3.63, 3.8) is 0 Å². The quantitative estimate of drug-likeness (QED) is 0.227. The molecule has 1 heterocycles. The number of nitrogens with one attached hydrogen (secondary N) is 1. The Balaban J connectivity index is 0. The summed E-state index contributed by atoms with van der Waals surface area (Å²) in [5, 5.41) is 9.03. The van der Waals surface area contributed by atoms with E-state index in [-0.39, 0.29) is 17.8 Å². The van der Waals surface area contributed by atoms with Gasteiger partial charge in [0.15, 0.2) is 0 Å². The Kier molecular flexibility index (Phi) is 11.5. The van der Waals surface area contributed by atoms with Crippen LogP contribution in [-0.4, -0.2) is 40.6 Å². The second-order valence-electron chi connectivity index (χ2n) is 5.72. The molecule has 22 heavy (non-hydrogen) atoms. The first kappa shape index (κ1) is 22.1. The zero-order valence-electron chi connectivity index (χ0n) is 14.1. The summed E-state index contributed by atoms with van der Waals surface area (Å²) in [7, 11) is -1.45. The zero-order valence-corrected chi connectivity index (χ0v) is 15.1. The molecule has 1 aromatic heterocycles. The number of aromatic amines is 1. The highest BCUT2D eigenvalue weighted by molar-refractivity contribution is 6.74. The number of tetrazole rings is 1. The standard InChI is InChI=1S/C4H8N4O.C4H7NO.C3H9N3Si/c1-3(2)8-4(9)5-6-7-8;1-4(2)5-3-6;1-7(2,3)6-5-4/h3H,1-2H3,(H,5,7,9);4H,1-2H3;1-3H3. The van der Waals surface area contributed by atoms with Crippen molar-refractivity contribution in [2.45, 2.75) is 59.4 Å². The van der Waals surface area contributed by atoms with E-state index in [4.69, 9.17) is 5.53 Å². The Morgan fingerprint density at radius 3 is 1.95 bits per heavy atom. The highest BCUT2D eigenvalue weighted by Gasteiger charge is 2.07. The molecule has 0 spiro atoms. The number of aromatic nitrogens is 4. The third-order valence-electron chi connectivity index (χ3n) is 1.64. The van der Waals surface area contributed by atoms with E-state index in [2.05, 4.69) is 30.2 Å². The van der Waals surface area contributed by atoms with Gasteiger partial charge in [0.25, 0.3) is 0 Å². The molecule has 0 aliphatic rings. The van der Waals surface area contributed by atoms with Crippen LogP contribution in [0.1, 0.15) is 33.7 Å². The molecule has 0 radical (unpaired) electrons. The third-order valence-corrected chi connectivity index (χ3v) is 2.33. The van der Waals surface area contributed by atoms with Gasteiger partial charge in [-0.25, -0.2) is 19.7 Å². The zero-order chi connectivity index (χ0) is 17.8. The van der Waals surface area contributed by atoms with Gasteiger partial charge in [-0.05, 0) is 48.6 Å². The van der Waals surface area contributed by atoms with Crippen molar-refractivity contribution < 1.29 is 4.79 Å². The minimum Gasteiger partial charge on any atom is -0.245 e. The van der Waals surface area contributed by atoms with Crippen molar-refractivity contribution in [2.24, 2.45) is 9.77 Å². The fourth-order valence-corrected chi connectivity index (χ4v) is 1.05. The van der Waals surface area contributed by atoms with Crippen LogP contribution in [0, 0.1) is 0 Å². The Morgan fingerprint density at radius 2 is 1.86 bits per heavy atom. The van der Waals surface area contributed by atoms with Crippen molar-refractivity contribution in [1.82, 2.24) is 20.2 Å². The van der Waals surface area contributed by atoms with Gasteiger partial charge in [0, 0.05) is 0 Å². The number of hydrogen-bond donors (Lipinski definition) is 1. The Morgan fingerprint density at radius 1 is 1.32 bits per heavy atom. The molecular weight excluding hydrogens is 304 g/mol. The lowest BCUT2D eigenvalue weighted by Gasteiger charge is -2.01. The fraction of sp³-hybridized carbons (Fsp3) is 0.818. The minimum absolute atomic E-state index is 0.0799. The largest absolute Gasteiger partial charge is 0.361 e. The number of carbonyl (C=O) groups excluding carboxylic acids is 1. The molecule has 0 unspecified atom stereocenters. The summed E-state index contributed by atoms with van der Waals surface area (Å²) < 4.78 is 4.85. The molecule has 0 saturated heterocycles. The van der Waals surface area contributed by atoms with E-state index in [0.29, 0.717) is 0 Å². The second kappa shape index (κ2) is 11.4. The van der Waals surface area contributed by atoms with Crippen molar-refractivity contribution in [1.29, 1.82) is 0 Å². The van der Waals surface area contributed by atoms with Crippen LogP contribution >= 0.6 is 0 Å². The molecule has 1 aromatic rings. The SMILES string of the molecule is CC(C)N=C=O.CC(C)n1nn[nH]c1=O.C[Si](C)(C)N=[N+]=[N-]. The molecule has 0 aromatic carbocycles. The van der Waals surface area contributed by atoms with Gasteiger partial charge >= 0.3 is 5.69 Å². The predicted molar refractivity (Wildman–Crippen MR) is 86.8 cm³/mol. The molecular formula is C11H24N8O2Si. The van der Waals surface area contributed by atoms with E-state index >= 15 is 0 Å². The van der Waals surface area contributed by atoms with Crippen LogP contribution in [0.2, 0.25) is 19.6 Å². The normalized spacial score (nSPS) is 9.68. The first-order valence-corrected chi connectivity index (χ1v) is 10.1. The van der Waals surface area contributed by atoms with Crippen molar-refractivity contribution >= 4 is 14.3 Å². The first-order valence-electron chi connectivity index (χ1n) is 6.68. The Bertz CT molecular complexity index is 559. The number of H-pyrrole nitrogens is 1. The molecule has 0 aliphatic heterocycles. The van der Waals surface area contributed by atoms with E-state index < -0.39 is 8.24 Å². The molecule has 0 atom stereocenters. The number of hydrogen-bond acceptors (Lipinski definition) is 6. The summed E-state index contributed by atoms with van der Waals surface area (Å²) >= 11 is 0. The van der Waals surface area contributed by atoms with Gasteiger partial charge in [-0.2, -0.15) is 4.68 Å². The highest BCUT2D eigenvalue weighted by atomic mass is 28.3. The van der Waals surface area contributed by atoms with E-state index in [0.717, 1.165) is 0 Å². The highest BCUT2D eigenvalue weighted by Crippen LogP contribution is 2.00. The molecule has 0 amide bonds. The maximum absolute atomic E-state index is 10.6. The monoisotopic (exact) mass is 328 g/mol. The molecule has 0 fully saturated rings. The van der Waals surface area contributed by atoms with E-state index in [9.17, 15) is 9.59 Å². The summed E-state index contributed by atoms with van der Waals surface area (Å²) in [6.07, 6.45) is 1.44. The number of isocyanates is 1. The number of nitrogens with zero attached hydrogens (tertiary/aromatic N) is 7. The maximum atomic E-state index is 10.6. The molecule has 1 rings (SSSR count). The van der Waals surface area contributed by atoms with Gasteiger partial charge in [0.05, 0.1) is 12.1 Å². The molecule has 0 aliphatic carbocycles. The van der Waals surface area contributed by atoms with Crippen molar-refractivity contribution in [2.75, 3.05) is 0 Å². The summed E-state index contributed by atoms with van der Waals surface area (Å²) in [6.45, 7) is 13.4. The molecule has 11 heteroatoms. The van der Waals surface area contributed by atoms with Gasteiger partial charge < -0.3 is 0 Å². The van der Waals surface area contributed by atoms with Crippen LogP contribution in [0.5, 0.6) is 0 Å². The molecule has 0 saturated carbocycles. The average molecular weight is 328 g/mol. The summed E-state index contributed by atoms with van der Waals surface area (Å²) in [5.41, 5.74) is 7.64. The molecule has 10 nitrogen and oxygen atoms in total. The maximum Gasteiger partial charge on any atom is 0.361 e. The third kappa shape index (κ3) is 14.2. The van der Waals surface area contributed by atoms with Crippen LogP contribution in [0.3, 0.4) is 0 Å². The van der Waals surface area contributed by atoms with Crippen LogP contribution in [0.4, 0.5) is 0 Å².